The number of rotatable bonds is 7. The van der Waals surface area contributed by atoms with Gasteiger partial charge >= 0.3 is 12.1 Å². The SMILES string of the molecule is CCOC(=O)[C@H]1CC[C@@H](O[Si](c2ccccc2)(c2ccccc2)C(C)(C)C)[C@H](NC(=O)OC(C)(C)C)C1. The molecule has 0 aromatic heterocycles. The molecule has 2 aromatic carbocycles. The lowest BCUT2D eigenvalue weighted by Crippen LogP contribution is -2.69. The molecule has 0 heterocycles. The summed E-state index contributed by atoms with van der Waals surface area (Å²) in [7, 11) is -2.85. The van der Waals surface area contributed by atoms with Crippen molar-refractivity contribution in [3.05, 3.63) is 60.7 Å². The van der Waals surface area contributed by atoms with E-state index >= 15 is 0 Å². The summed E-state index contributed by atoms with van der Waals surface area (Å²) in [5, 5.41) is 5.21. The zero-order valence-electron chi connectivity index (χ0n) is 23.4. The molecule has 1 aliphatic carbocycles. The van der Waals surface area contributed by atoms with Crippen LogP contribution in [-0.4, -0.2) is 44.7 Å². The highest BCUT2D eigenvalue weighted by atomic mass is 28.4. The summed E-state index contributed by atoms with van der Waals surface area (Å²) in [5.41, 5.74) is -0.631. The third kappa shape index (κ3) is 7.02. The van der Waals surface area contributed by atoms with E-state index in [9.17, 15) is 9.59 Å². The molecule has 2 aromatic rings. The van der Waals surface area contributed by atoms with E-state index in [1.54, 1.807) is 0 Å². The molecule has 37 heavy (non-hydrogen) atoms. The van der Waals surface area contributed by atoms with E-state index in [2.05, 4.69) is 74.6 Å². The van der Waals surface area contributed by atoms with E-state index in [0.29, 0.717) is 25.9 Å². The topological polar surface area (TPSA) is 73.9 Å². The molecule has 6 nitrogen and oxygen atoms in total. The molecule has 0 radical (unpaired) electrons. The molecule has 0 bridgehead atoms. The average Bonchev–Trinajstić information content (AvgIpc) is 2.82. The van der Waals surface area contributed by atoms with Crippen molar-refractivity contribution in [2.75, 3.05) is 6.61 Å². The van der Waals surface area contributed by atoms with Crippen LogP contribution in [0.4, 0.5) is 4.79 Å². The van der Waals surface area contributed by atoms with Crippen LogP contribution in [0, 0.1) is 5.92 Å². The van der Waals surface area contributed by atoms with Crippen molar-refractivity contribution < 1.29 is 23.5 Å². The van der Waals surface area contributed by atoms with Crippen LogP contribution in [0.5, 0.6) is 0 Å². The summed E-state index contributed by atoms with van der Waals surface area (Å²) in [6.07, 6.45) is 0.936. The summed E-state index contributed by atoms with van der Waals surface area (Å²) >= 11 is 0. The molecule has 1 amide bonds. The standard InChI is InChI=1S/C30H43NO5Si/c1-8-34-27(32)22-19-20-26(25(21-22)31-28(33)35-29(2,3)4)36-37(30(5,6)7,23-15-11-9-12-16-23)24-17-13-10-14-18-24/h9-18,22,25-26H,8,19-21H2,1-7H3,(H,31,33)/t22-,25+,26+/m0/s1. The maximum atomic E-state index is 12.9. The molecule has 202 valence electrons. The third-order valence-electron chi connectivity index (χ3n) is 6.85. The van der Waals surface area contributed by atoms with E-state index in [0.717, 1.165) is 0 Å². The molecule has 0 unspecified atom stereocenters. The number of carbonyl (C=O) groups excluding carboxylic acids is 2. The lowest BCUT2D eigenvalue weighted by molar-refractivity contribution is -0.150. The fourth-order valence-corrected chi connectivity index (χ4v) is 10.0. The second-order valence-corrected chi connectivity index (χ2v) is 16.1. The van der Waals surface area contributed by atoms with Crippen LogP contribution >= 0.6 is 0 Å². The first-order chi connectivity index (χ1) is 17.4. The Morgan fingerprint density at radius 2 is 1.43 bits per heavy atom. The normalized spacial score (nSPS) is 20.7. The molecule has 1 aliphatic rings. The lowest BCUT2D eigenvalue weighted by Gasteiger charge is -2.48. The molecule has 7 heteroatoms. The monoisotopic (exact) mass is 525 g/mol. The van der Waals surface area contributed by atoms with Gasteiger partial charge in [-0.25, -0.2) is 4.79 Å². The van der Waals surface area contributed by atoms with E-state index in [4.69, 9.17) is 13.9 Å². The Morgan fingerprint density at radius 1 is 0.892 bits per heavy atom. The van der Waals surface area contributed by atoms with Crippen LogP contribution < -0.4 is 15.7 Å². The van der Waals surface area contributed by atoms with E-state index in [1.165, 1.54) is 10.4 Å². The number of amides is 1. The second-order valence-electron chi connectivity index (χ2n) is 11.8. The molecule has 1 N–H and O–H groups in total. The van der Waals surface area contributed by atoms with Crippen molar-refractivity contribution >= 4 is 30.8 Å². The third-order valence-corrected chi connectivity index (χ3v) is 11.9. The highest BCUT2D eigenvalue weighted by Gasteiger charge is 2.53. The van der Waals surface area contributed by atoms with Gasteiger partial charge in [-0.3, -0.25) is 4.79 Å². The van der Waals surface area contributed by atoms with Crippen LogP contribution in [0.25, 0.3) is 0 Å². The van der Waals surface area contributed by atoms with Crippen molar-refractivity contribution in [2.24, 2.45) is 5.92 Å². The minimum absolute atomic E-state index is 0.204. The maximum absolute atomic E-state index is 12.9. The molecule has 1 saturated carbocycles. The maximum Gasteiger partial charge on any atom is 0.407 e. The van der Waals surface area contributed by atoms with Gasteiger partial charge in [-0.1, -0.05) is 81.4 Å². The molecular formula is C30H43NO5Si. The fourth-order valence-electron chi connectivity index (χ4n) is 5.29. The van der Waals surface area contributed by atoms with Gasteiger partial charge in [0, 0.05) is 0 Å². The van der Waals surface area contributed by atoms with Gasteiger partial charge in [0.05, 0.1) is 24.7 Å². The number of hydrogen-bond acceptors (Lipinski definition) is 5. The molecular weight excluding hydrogens is 482 g/mol. The Balaban J connectivity index is 2.04. The van der Waals surface area contributed by atoms with Gasteiger partial charge in [-0.2, -0.15) is 0 Å². The molecule has 0 spiro atoms. The van der Waals surface area contributed by atoms with Crippen LogP contribution in [0.15, 0.2) is 60.7 Å². The van der Waals surface area contributed by atoms with Crippen LogP contribution in [0.3, 0.4) is 0 Å². The van der Waals surface area contributed by atoms with Crippen molar-refractivity contribution in [2.45, 2.75) is 90.5 Å². The predicted octanol–water partition coefficient (Wildman–Crippen LogP) is 5.19. The minimum atomic E-state index is -2.85. The smallest absolute Gasteiger partial charge is 0.407 e. The number of hydrogen-bond donors (Lipinski definition) is 1. The summed E-state index contributed by atoms with van der Waals surface area (Å²) in [6.45, 7) is 14.4. The number of carbonyl (C=O) groups is 2. The minimum Gasteiger partial charge on any atom is -0.466 e. The number of benzene rings is 2. The zero-order chi connectivity index (χ0) is 27.3. The quantitative estimate of drug-likeness (QED) is 0.398. The zero-order valence-corrected chi connectivity index (χ0v) is 24.4. The van der Waals surface area contributed by atoms with Gasteiger partial charge in [0.15, 0.2) is 0 Å². The lowest BCUT2D eigenvalue weighted by atomic mass is 9.84. The Bertz CT molecular complexity index is 990. The van der Waals surface area contributed by atoms with Gasteiger partial charge < -0.3 is 19.2 Å². The summed E-state index contributed by atoms with van der Waals surface area (Å²) in [6, 6.07) is 20.5. The number of ether oxygens (including phenoxy) is 2. The van der Waals surface area contributed by atoms with E-state index in [-0.39, 0.29) is 29.1 Å². The first kappa shape index (κ1) is 28.9. The Morgan fingerprint density at radius 3 is 1.89 bits per heavy atom. The highest BCUT2D eigenvalue weighted by Crippen LogP contribution is 2.40. The van der Waals surface area contributed by atoms with E-state index < -0.39 is 20.0 Å². The Kier molecular flexibility index (Phi) is 9.24. The second kappa shape index (κ2) is 11.8. The van der Waals surface area contributed by atoms with Crippen molar-refractivity contribution in [3.8, 4) is 0 Å². The van der Waals surface area contributed by atoms with Crippen LogP contribution in [0.2, 0.25) is 5.04 Å². The largest absolute Gasteiger partial charge is 0.466 e. The molecule has 3 atom stereocenters. The van der Waals surface area contributed by atoms with Crippen molar-refractivity contribution in [1.82, 2.24) is 5.32 Å². The Hall–Kier alpha value is -2.64. The molecule has 3 rings (SSSR count). The van der Waals surface area contributed by atoms with Crippen LogP contribution in [0.1, 0.15) is 67.7 Å². The molecule has 0 aliphatic heterocycles. The van der Waals surface area contributed by atoms with Gasteiger partial charge in [0.2, 0.25) is 0 Å². The number of esters is 1. The summed E-state index contributed by atoms with van der Waals surface area (Å²) < 4.78 is 18.3. The summed E-state index contributed by atoms with van der Waals surface area (Å²) in [5.74, 6) is -0.513. The average molecular weight is 526 g/mol. The van der Waals surface area contributed by atoms with Gasteiger partial charge in [-0.05, 0) is 62.4 Å². The number of nitrogens with one attached hydrogen (secondary N) is 1. The Labute approximate surface area is 223 Å². The first-order valence-corrected chi connectivity index (χ1v) is 15.2. The predicted molar refractivity (Wildman–Crippen MR) is 150 cm³/mol. The molecule has 0 saturated heterocycles. The highest BCUT2D eigenvalue weighted by molar-refractivity contribution is 6.99. The van der Waals surface area contributed by atoms with E-state index in [1.807, 2.05) is 39.8 Å². The summed E-state index contributed by atoms with van der Waals surface area (Å²) in [4.78, 5) is 25.5. The van der Waals surface area contributed by atoms with Gasteiger partial charge in [0.1, 0.15) is 5.60 Å². The van der Waals surface area contributed by atoms with Crippen molar-refractivity contribution in [3.63, 3.8) is 0 Å². The molecule has 1 fully saturated rings. The van der Waals surface area contributed by atoms with Gasteiger partial charge in [0.25, 0.3) is 8.32 Å². The van der Waals surface area contributed by atoms with Crippen molar-refractivity contribution in [1.29, 1.82) is 0 Å². The number of alkyl carbamates (subject to hydrolysis) is 1. The first-order valence-electron chi connectivity index (χ1n) is 13.3. The fraction of sp³-hybridized carbons (Fsp3) is 0.533. The van der Waals surface area contributed by atoms with Crippen LogP contribution in [-0.2, 0) is 18.7 Å². The van der Waals surface area contributed by atoms with Gasteiger partial charge in [-0.15, -0.1) is 0 Å².